The van der Waals surface area contributed by atoms with E-state index in [2.05, 4.69) is 73.0 Å². The lowest BCUT2D eigenvalue weighted by molar-refractivity contribution is -0.0271. The Labute approximate surface area is 268 Å². The lowest BCUT2D eigenvalue weighted by Gasteiger charge is -2.41. The zero-order valence-corrected chi connectivity index (χ0v) is 28.4. The van der Waals surface area contributed by atoms with E-state index in [1.807, 2.05) is 0 Å². The molecule has 2 aromatic carbocycles. The van der Waals surface area contributed by atoms with Gasteiger partial charge in [0.25, 0.3) is 0 Å². The lowest BCUT2D eigenvalue weighted by atomic mass is 9.90. The maximum absolute atomic E-state index is 11.1. The van der Waals surface area contributed by atoms with Crippen LogP contribution in [0.15, 0.2) is 24.3 Å². The molecule has 6 nitrogen and oxygen atoms in total. The maximum Gasteiger partial charge on any atom is 0.121 e. The maximum atomic E-state index is 11.1. The molecule has 2 aromatic rings. The molecule has 6 heteroatoms. The molecule has 2 atom stereocenters. The Balaban J connectivity index is 1.55. The van der Waals surface area contributed by atoms with Crippen molar-refractivity contribution in [2.45, 2.75) is 155 Å². The summed E-state index contributed by atoms with van der Waals surface area (Å²) in [5, 5.41) is 27.1. The van der Waals surface area contributed by atoms with Crippen LogP contribution in [0.5, 0.6) is 11.5 Å². The van der Waals surface area contributed by atoms with Crippen molar-refractivity contribution < 1.29 is 10.2 Å². The van der Waals surface area contributed by atoms with E-state index in [0.29, 0.717) is 11.5 Å². The summed E-state index contributed by atoms with van der Waals surface area (Å²) < 4.78 is 0. The topological polar surface area (TPSA) is 71.0 Å². The number of hydrogen-bond acceptors (Lipinski definition) is 6. The second-order valence-corrected chi connectivity index (χ2v) is 13.4. The highest BCUT2D eigenvalue weighted by atomic mass is 16.3. The predicted octanol–water partition coefficient (Wildman–Crippen LogP) is 9.15. The number of phenols is 2. The van der Waals surface area contributed by atoms with Gasteiger partial charge in [-0.25, -0.2) is 10.0 Å². The van der Waals surface area contributed by atoms with Crippen LogP contribution in [0.2, 0.25) is 0 Å². The van der Waals surface area contributed by atoms with Gasteiger partial charge in [-0.05, 0) is 110 Å². The molecule has 0 aliphatic carbocycles. The number of hydrogen-bond donors (Lipinski definition) is 4. The van der Waals surface area contributed by atoms with Gasteiger partial charge < -0.3 is 10.2 Å². The van der Waals surface area contributed by atoms with Crippen molar-refractivity contribution in [3.63, 3.8) is 0 Å². The highest BCUT2D eigenvalue weighted by Crippen LogP contribution is 2.37. The van der Waals surface area contributed by atoms with Crippen LogP contribution in [0.25, 0.3) is 0 Å². The molecule has 0 aromatic heterocycles. The van der Waals surface area contributed by atoms with Crippen molar-refractivity contribution in [1.29, 1.82) is 0 Å². The smallest absolute Gasteiger partial charge is 0.121 e. The van der Waals surface area contributed by atoms with E-state index >= 15 is 0 Å². The van der Waals surface area contributed by atoms with Gasteiger partial charge in [-0.1, -0.05) is 90.5 Å². The molecule has 0 bridgehead atoms. The Kier molecular flexibility index (Phi) is 14.3. The van der Waals surface area contributed by atoms with Crippen LogP contribution >= 0.6 is 0 Å². The van der Waals surface area contributed by atoms with Crippen LogP contribution in [0, 0.1) is 0 Å². The third-order valence-electron chi connectivity index (χ3n) is 9.89. The normalized spacial score (nSPS) is 19.9. The molecular formula is C38H62N4O2. The van der Waals surface area contributed by atoms with Crippen molar-refractivity contribution in [1.82, 2.24) is 21.1 Å². The van der Waals surface area contributed by atoms with Crippen LogP contribution in [0.1, 0.15) is 163 Å². The number of phenolic OH excluding ortho intramolecular Hbond substituents is 2. The Morgan fingerprint density at radius 3 is 1.16 bits per heavy atom. The molecule has 2 aliphatic rings. The first-order valence-corrected chi connectivity index (χ1v) is 18.2. The first-order valence-electron chi connectivity index (χ1n) is 18.2. The van der Waals surface area contributed by atoms with Gasteiger partial charge >= 0.3 is 0 Å². The van der Waals surface area contributed by atoms with Gasteiger partial charge in [0, 0.05) is 13.1 Å². The summed E-state index contributed by atoms with van der Waals surface area (Å²) in [7, 11) is 0. The second-order valence-electron chi connectivity index (χ2n) is 13.4. The Bertz CT molecular complexity index is 1000. The van der Waals surface area contributed by atoms with Gasteiger partial charge in [0.15, 0.2) is 0 Å². The van der Waals surface area contributed by atoms with Crippen LogP contribution < -0.4 is 11.1 Å². The highest BCUT2D eigenvalue weighted by molar-refractivity contribution is 5.46. The Morgan fingerprint density at radius 2 is 0.864 bits per heavy atom. The molecule has 2 unspecified atom stereocenters. The van der Waals surface area contributed by atoms with Crippen molar-refractivity contribution >= 4 is 0 Å². The molecule has 0 radical (unpaired) electrons. The molecule has 4 rings (SSSR count). The van der Waals surface area contributed by atoms with E-state index in [9.17, 15) is 10.2 Å². The number of hydrazine groups is 3. The van der Waals surface area contributed by atoms with Gasteiger partial charge in [-0.15, -0.1) is 0 Å². The number of piperidine rings is 2. The Morgan fingerprint density at radius 1 is 0.545 bits per heavy atom. The zero-order valence-electron chi connectivity index (χ0n) is 28.4. The minimum absolute atomic E-state index is 0.274. The SMILES string of the molecule is CCCCc1cc(C2CCCCN2NNN2CCCCC2c2cc(CCCC)c(O)c(CCCC)c2)cc(CCCC)c1O. The molecular weight excluding hydrogens is 544 g/mol. The summed E-state index contributed by atoms with van der Waals surface area (Å²) in [5.41, 5.74) is 14.5. The fourth-order valence-corrected chi connectivity index (χ4v) is 7.14. The number of aryl methyl sites for hydroxylation is 4. The third kappa shape index (κ3) is 9.22. The van der Waals surface area contributed by atoms with Crippen molar-refractivity contribution in [3.8, 4) is 11.5 Å². The molecule has 2 saturated heterocycles. The average Bonchev–Trinajstić information content (AvgIpc) is 3.05. The van der Waals surface area contributed by atoms with Crippen molar-refractivity contribution in [2.24, 2.45) is 0 Å². The van der Waals surface area contributed by atoms with Crippen LogP contribution in [-0.2, 0) is 25.7 Å². The fourth-order valence-electron chi connectivity index (χ4n) is 7.14. The molecule has 4 N–H and O–H groups in total. The highest BCUT2D eigenvalue weighted by Gasteiger charge is 2.29. The van der Waals surface area contributed by atoms with Crippen LogP contribution in [0.3, 0.4) is 0 Å². The van der Waals surface area contributed by atoms with E-state index in [-0.39, 0.29) is 12.1 Å². The summed E-state index contributed by atoms with van der Waals surface area (Å²) in [4.78, 5) is 0. The number of aromatic hydroxyl groups is 2. The van der Waals surface area contributed by atoms with Gasteiger partial charge in [0.1, 0.15) is 11.5 Å². The summed E-state index contributed by atoms with van der Waals surface area (Å²) in [6.07, 6.45) is 19.7. The minimum Gasteiger partial charge on any atom is -0.507 e. The molecule has 44 heavy (non-hydrogen) atoms. The van der Waals surface area contributed by atoms with Gasteiger partial charge in [0.2, 0.25) is 0 Å². The minimum atomic E-state index is 0.274. The van der Waals surface area contributed by atoms with Crippen LogP contribution in [-0.4, -0.2) is 33.3 Å². The van der Waals surface area contributed by atoms with Gasteiger partial charge in [0.05, 0.1) is 12.1 Å². The summed E-state index contributed by atoms with van der Waals surface area (Å²) >= 11 is 0. The van der Waals surface area contributed by atoms with E-state index in [0.717, 1.165) is 125 Å². The summed E-state index contributed by atoms with van der Waals surface area (Å²) in [6.45, 7) is 10.9. The molecule has 0 saturated carbocycles. The molecule has 0 spiro atoms. The van der Waals surface area contributed by atoms with Crippen LogP contribution in [0.4, 0.5) is 0 Å². The Hall–Kier alpha value is -2.12. The number of rotatable bonds is 17. The number of nitrogens with zero attached hydrogens (tertiary/aromatic N) is 2. The van der Waals surface area contributed by atoms with Gasteiger partial charge in [-0.2, -0.15) is 11.1 Å². The third-order valence-corrected chi connectivity index (χ3v) is 9.89. The van der Waals surface area contributed by atoms with Crippen molar-refractivity contribution in [2.75, 3.05) is 13.1 Å². The second kappa shape index (κ2) is 18.1. The van der Waals surface area contributed by atoms with E-state index in [1.165, 1.54) is 36.8 Å². The quantitative estimate of drug-likeness (QED) is 0.135. The first-order chi connectivity index (χ1) is 21.5. The molecule has 246 valence electrons. The molecule has 2 heterocycles. The molecule has 0 amide bonds. The predicted molar refractivity (Wildman–Crippen MR) is 184 cm³/mol. The van der Waals surface area contributed by atoms with E-state index in [1.54, 1.807) is 0 Å². The molecule has 2 aliphatic heterocycles. The lowest BCUT2D eigenvalue weighted by Crippen LogP contribution is -2.58. The number of unbranched alkanes of at least 4 members (excludes halogenated alkanes) is 4. The van der Waals surface area contributed by atoms with E-state index < -0.39 is 0 Å². The van der Waals surface area contributed by atoms with E-state index in [4.69, 9.17) is 0 Å². The van der Waals surface area contributed by atoms with Gasteiger partial charge in [-0.3, -0.25) is 0 Å². The first kappa shape index (κ1) is 34.7. The molecule has 2 fully saturated rings. The number of nitrogens with one attached hydrogen (secondary N) is 2. The summed E-state index contributed by atoms with van der Waals surface area (Å²) in [6, 6.07) is 9.72. The average molecular weight is 607 g/mol. The largest absolute Gasteiger partial charge is 0.507 e. The zero-order chi connectivity index (χ0) is 31.3. The fraction of sp³-hybridized carbons (Fsp3) is 0.684. The van der Waals surface area contributed by atoms with Crippen molar-refractivity contribution in [3.05, 3.63) is 57.6 Å². The monoisotopic (exact) mass is 606 g/mol. The number of benzene rings is 2. The standard InChI is InChI=1S/C38H62N4O2/c1-5-9-17-29-25-33(26-30(37(29)43)18-10-6-2)35-21-13-15-23-41(35)39-40-42-24-16-14-22-36(42)34-27-31(19-11-7-3)38(44)32(28-34)20-12-8-4/h25-28,35-36,39-40,43-44H,5-24H2,1-4H3. The summed E-state index contributed by atoms with van der Waals surface area (Å²) in [5.74, 6) is 1.07.